The predicted octanol–water partition coefficient (Wildman–Crippen LogP) is 7.32. The number of aryl methyl sites for hydroxylation is 3. The van der Waals surface area contributed by atoms with Gasteiger partial charge < -0.3 is 0 Å². The van der Waals surface area contributed by atoms with Crippen LogP contribution in [0.4, 0.5) is 5.69 Å². The van der Waals surface area contributed by atoms with Crippen molar-refractivity contribution >= 4 is 45.5 Å². The SMILES string of the molecule is Cc1ccc([PH](CCCCCCCCCCC(=O)Nc2cccc3c(=O)[nH][nH]c(=O)c23)(c2ccc(C)cc2)c2ccc(C)cc2)cc1. The quantitative estimate of drug-likeness (QED) is 0.0820. The molecule has 5 rings (SSSR count). The second-order valence-corrected chi connectivity index (χ2v) is 17.1. The number of aromatic amines is 2. The van der Waals surface area contributed by atoms with Crippen molar-refractivity contribution in [2.75, 3.05) is 11.5 Å². The maximum atomic E-state index is 12.6. The summed E-state index contributed by atoms with van der Waals surface area (Å²) in [6, 6.07) is 32.8. The molecule has 3 N–H and O–H groups in total. The van der Waals surface area contributed by atoms with E-state index in [9.17, 15) is 14.4 Å². The maximum absolute atomic E-state index is 12.6. The van der Waals surface area contributed by atoms with E-state index in [1.807, 2.05) is 0 Å². The third-order valence-corrected chi connectivity index (χ3v) is 14.5. The van der Waals surface area contributed by atoms with Gasteiger partial charge in [-0.3, -0.25) is 19.8 Å². The van der Waals surface area contributed by atoms with Crippen LogP contribution >= 0.6 is 7.26 Å². The number of rotatable bonds is 15. The Hall–Kier alpha value is -4.28. The van der Waals surface area contributed by atoms with Crippen molar-refractivity contribution in [3.63, 3.8) is 0 Å². The van der Waals surface area contributed by atoms with Crippen LogP contribution in [0.5, 0.6) is 0 Å². The Kier molecular flexibility index (Phi) is 11.6. The number of amides is 1. The molecule has 0 aliphatic rings. The van der Waals surface area contributed by atoms with Crippen LogP contribution in [0.3, 0.4) is 0 Å². The standard InChI is InChI=1S/C40H48N3O3P/c1-29-16-22-32(23-17-29)47(33-24-18-30(2)19-25-33,34-26-20-31(3)21-27-34)28-11-9-7-5-4-6-8-10-15-37(44)41-36-14-12-13-35-38(36)40(46)43-42-39(35)45/h12-14,16-27,47H,4-11,15,28H2,1-3H3,(H,41,44)(H,42,45)(H,43,46). The number of H-pyrrole nitrogens is 2. The molecule has 0 fully saturated rings. The molecule has 0 saturated heterocycles. The minimum absolute atomic E-state index is 0.138. The van der Waals surface area contributed by atoms with Crippen LogP contribution in [0.1, 0.15) is 74.5 Å². The van der Waals surface area contributed by atoms with E-state index in [0.717, 1.165) is 19.3 Å². The van der Waals surface area contributed by atoms with Crippen molar-refractivity contribution in [1.29, 1.82) is 0 Å². The molecule has 4 aromatic carbocycles. The topological polar surface area (TPSA) is 94.8 Å². The molecule has 246 valence electrons. The van der Waals surface area contributed by atoms with Gasteiger partial charge in [0.2, 0.25) is 0 Å². The molecule has 0 atom stereocenters. The molecule has 1 heterocycles. The molecule has 0 saturated carbocycles. The number of nitrogens with one attached hydrogen (secondary N) is 3. The summed E-state index contributed by atoms with van der Waals surface area (Å²) in [6.45, 7) is 6.50. The van der Waals surface area contributed by atoms with E-state index in [2.05, 4.69) is 109 Å². The van der Waals surface area contributed by atoms with Crippen LogP contribution in [0.15, 0.2) is 101 Å². The van der Waals surface area contributed by atoms with Gasteiger partial charge in [0.15, 0.2) is 0 Å². The van der Waals surface area contributed by atoms with Gasteiger partial charge in [0.05, 0.1) is 16.5 Å². The summed E-state index contributed by atoms with van der Waals surface area (Å²) in [4.78, 5) is 36.9. The first-order valence-electron chi connectivity index (χ1n) is 17.0. The Balaban J connectivity index is 1.11. The number of aromatic nitrogens is 2. The monoisotopic (exact) mass is 649 g/mol. The third-order valence-electron chi connectivity index (χ3n) is 9.44. The van der Waals surface area contributed by atoms with E-state index in [0.29, 0.717) is 12.1 Å². The second-order valence-electron chi connectivity index (χ2n) is 13.0. The molecule has 7 heteroatoms. The van der Waals surface area contributed by atoms with Crippen molar-refractivity contribution in [3.8, 4) is 0 Å². The number of unbranched alkanes of at least 4 members (excludes halogenated alkanes) is 7. The molecule has 1 amide bonds. The Bertz CT molecular complexity index is 1780. The molecule has 0 bridgehead atoms. The van der Waals surface area contributed by atoms with Gasteiger partial charge in [-0.25, -0.2) is 0 Å². The van der Waals surface area contributed by atoms with Gasteiger partial charge in [0, 0.05) is 0 Å². The van der Waals surface area contributed by atoms with Gasteiger partial charge >= 0.3 is 213 Å². The molecule has 0 aliphatic carbocycles. The van der Waals surface area contributed by atoms with Crippen molar-refractivity contribution in [2.45, 2.75) is 78.6 Å². The number of fused-ring (bicyclic) bond motifs is 1. The first-order chi connectivity index (χ1) is 22.8. The zero-order valence-electron chi connectivity index (χ0n) is 28.0. The van der Waals surface area contributed by atoms with Crippen LogP contribution in [0, 0.1) is 20.8 Å². The van der Waals surface area contributed by atoms with E-state index in [-0.39, 0.29) is 22.2 Å². The Morgan fingerprint density at radius 3 is 1.53 bits per heavy atom. The van der Waals surface area contributed by atoms with Crippen LogP contribution in [0.25, 0.3) is 10.8 Å². The average molecular weight is 650 g/mol. The normalized spacial score (nSPS) is 11.9. The fraction of sp³-hybridized carbons (Fsp3) is 0.325. The van der Waals surface area contributed by atoms with Gasteiger partial charge in [0.25, 0.3) is 11.1 Å². The number of carbonyl (C=O) groups excluding carboxylic acids is 1. The van der Waals surface area contributed by atoms with E-state index in [4.69, 9.17) is 0 Å². The predicted molar refractivity (Wildman–Crippen MR) is 201 cm³/mol. The molecule has 0 radical (unpaired) electrons. The number of benzene rings is 4. The molecule has 0 spiro atoms. The average Bonchev–Trinajstić information content (AvgIpc) is 3.07. The third kappa shape index (κ3) is 8.36. The summed E-state index contributed by atoms with van der Waals surface area (Å²) in [5.41, 5.74) is 3.45. The van der Waals surface area contributed by atoms with E-state index in [1.54, 1.807) is 18.2 Å². The molecular weight excluding hydrogens is 601 g/mol. The summed E-state index contributed by atoms with van der Waals surface area (Å²) in [6.07, 6.45) is 10.5. The zero-order valence-corrected chi connectivity index (χ0v) is 29.0. The van der Waals surface area contributed by atoms with Crippen molar-refractivity contribution in [3.05, 3.63) is 128 Å². The van der Waals surface area contributed by atoms with Gasteiger partial charge in [-0.05, 0) is 12.1 Å². The van der Waals surface area contributed by atoms with Crippen molar-refractivity contribution in [1.82, 2.24) is 10.2 Å². The van der Waals surface area contributed by atoms with Crippen LogP contribution in [-0.2, 0) is 4.79 Å². The van der Waals surface area contributed by atoms with E-state index >= 15 is 0 Å². The Morgan fingerprint density at radius 1 is 0.574 bits per heavy atom. The van der Waals surface area contributed by atoms with Crippen LogP contribution in [0.2, 0.25) is 0 Å². The fourth-order valence-electron chi connectivity index (χ4n) is 6.73. The molecule has 47 heavy (non-hydrogen) atoms. The Labute approximate surface area is 278 Å². The first kappa shape index (κ1) is 34.1. The molecule has 6 nitrogen and oxygen atoms in total. The number of carbonyl (C=O) groups is 1. The fourth-order valence-corrected chi connectivity index (χ4v) is 11.6. The number of hydrogen-bond acceptors (Lipinski definition) is 3. The van der Waals surface area contributed by atoms with Crippen LogP contribution < -0.4 is 32.3 Å². The van der Waals surface area contributed by atoms with Crippen molar-refractivity contribution in [2.24, 2.45) is 0 Å². The summed E-state index contributed by atoms with van der Waals surface area (Å²) >= 11 is 0. The Morgan fingerprint density at radius 2 is 1.02 bits per heavy atom. The van der Waals surface area contributed by atoms with Gasteiger partial charge in [0.1, 0.15) is 0 Å². The van der Waals surface area contributed by atoms with Crippen LogP contribution in [-0.4, -0.2) is 22.3 Å². The van der Waals surface area contributed by atoms with Crippen molar-refractivity contribution < 1.29 is 4.79 Å². The second kappa shape index (κ2) is 16.0. The number of anilines is 1. The molecule has 1 aromatic heterocycles. The van der Waals surface area contributed by atoms with E-state index in [1.165, 1.54) is 70.9 Å². The number of hydrogen-bond donors (Lipinski definition) is 3. The van der Waals surface area contributed by atoms with Gasteiger partial charge in [-0.15, -0.1) is 0 Å². The molecule has 5 aromatic rings. The minimum atomic E-state index is -2.21. The van der Waals surface area contributed by atoms with E-state index < -0.39 is 12.8 Å². The molecule has 0 aliphatic heterocycles. The molecular formula is C40H48N3O3P. The van der Waals surface area contributed by atoms with Gasteiger partial charge in [-0.2, -0.15) is 0 Å². The summed E-state index contributed by atoms with van der Waals surface area (Å²) in [5, 5.41) is 12.4. The summed E-state index contributed by atoms with van der Waals surface area (Å²) in [7, 11) is -2.21. The summed E-state index contributed by atoms with van der Waals surface area (Å²) < 4.78 is 0. The molecule has 0 unspecified atom stereocenters. The summed E-state index contributed by atoms with van der Waals surface area (Å²) in [5.74, 6) is -0.138. The first-order valence-corrected chi connectivity index (χ1v) is 19.2. The zero-order chi connectivity index (χ0) is 33.2. The van der Waals surface area contributed by atoms with Gasteiger partial charge in [-0.1, -0.05) is 6.07 Å².